The molecule has 1 aliphatic rings. The van der Waals surface area contributed by atoms with Crippen LogP contribution in [0, 0.1) is 19.8 Å². The molecular formula is C17H25N. The molecule has 18 heavy (non-hydrogen) atoms. The third-order valence-corrected chi connectivity index (χ3v) is 3.79. The Morgan fingerprint density at radius 3 is 2.39 bits per heavy atom. The topological polar surface area (TPSA) is 12.0 Å². The van der Waals surface area contributed by atoms with E-state index in [1.54, 1.807) is 0 Å². The molecule has 1 aromatic carbocycles. The van der Waals surface area contributed by atoms with Crippen LogP contribution in [-0.4, -0.2) is 12.6 Å². The smallest absolute Gasteiger partial charge is 0.0173 e. The predicted octanol–water partition coefficient (Wildman–Crippen LogP) is 4.09. The fourth-order valence-electron chi connectivity index (χ4n) is 2.21. The maximum Gasteiger partial charge on any atom is 0.0173 e. The van der Waals surface area contributed by atoms with Gasteiger partial charge in [-0.25, -0.2) is 0 Å². The van der Waals surface area contributed by atoms with E-state index >= 15 is 0 Å². The summed E-state index contributed by atoms with van der Waals surface area (Å²) >= 11 is 0. The van der Waals surface area contributed by atoms with E-state index in [4.69, 9.17) is 0 Å². The van der Waals surface area contributed by atoms with Gasteiger partial charge in [0.15, 0.2) is 0 Å². The Morgan fingerprint density at radius 1 is 1.28 bits per heavy atom. The van der Waals surface area contributed by atoms with Crippen molar-refractivity contribution in [2.75, 3.05) is 6.54 Å². The summed E-state index contributed by atoms with van der Waals surface area (Å²) in [7, 11) is 0. The van der Waals surface area contributed by atoms with E-state index in [9.17, 15) is 0 Å². The minimum Gasteiger partial charge on any atom is -0.310 e. The van der Waals surface area contributed by atoms with E-state index < -0.39 is 0 Å². The van der Waals surface area contributed by atoms with Crippen molar-refractivity contribution in [2.45, 2.75) is 46.6 Å². The number of hydrogen-bond donors (Lipinski definition) is 1. The first-order chi connectivity index (χ1) is 8.58. The van der Waals surface area contributed by atoms with Gasteiger partial charge in [-0.05, 0) is 49.3 Å². The van der Waals surface area contributed by atoms with Crippen LogP contribution in [0.4, 0.5) is 0 Å². The van der Waals surface area contributed by atoms with Gasteiger partial charge >= 0.3 is 0 Å². The zero-order chi connectivity index (χ0) is 13.1. The maximum absolute atomic E-state index is 3.63. The molecule has 1 heteroatoms. The molecule has 0 aliphatic heterocycles. The van der Waals surface area contributed by atoms with Crippen LogP contribution in [0.3, 0.4) is 0 Å². The van der Waals surface area contributed by atoms with E-state index in [0.29, 0.717) is 5.92 Å². The van der Waals surface area contributed by atoms with Crippen LogP contribution in [0.1, 0.15) is 43.4 Å². The van der Waals surface area contributed by atoms with Gasteiger partial charge in [0, 0.05) is 12.6 Å². The van der Waals surface area contributed by atoms with Crippen molar-refractivity contribution in [1.29, 1.82) is 0 Å². The molecular weight excluding hydrogens is 218 g/mol. The third-order valence-electron chi connectivity index (χ3n) is 3.79. The summed E-state index contributed by atoms with van der Waals surface area (Å²) in [5.41, 5.74) is 5.66. The molecule has 0 aromatic heterocycles. The normalized spacial score (nSPS) is 16.4. The number of aryl methyl sites for hydroxylation is 2. The lowest BCUT2D eigenvalue weighted by molar-refractivity contribution is 0.662. The largest absolute Gasteiger partial charge is 0.310 e. The van der Waals surface area contributed by atoms with Crippen LogP contribution in [0.15, 0.2) is 23.8 Å². The van der Waals surface area contributed by atoms with Crippen LogP contribution in [0.2, 0.25) is 0 Å². The lowest BCUT2D eigenvalue weighted by Crippen LogP contribution is -2.21. The zero-order valence-corrected chi connectivity index (χ0v) is 12.1. The van der Waals surface area contributed by atoms with Crippen LogP contribution < -0.4 is 5.32 Å². The number of hydrogen-bond acceptors (Lipinski definition) is 1. The van der Waals surface area contributed by atoms with Gasteiger partial charge in [-0.3, -0.25) is 0 Å². The van der Waals surface area contributed by atoms with Crippen molar-refractivity contribution in [2.24, 2.45) is 5.92 Å². The second-order valence-electron chi connectivity index (χ2n) is 5.83. The Labute approximate surface area is 111 Å². The second-order valence-corrected chi connectivity index (χ2v) is 5.83. The molecule has 0 spiro atoms. The highest BCUT2D eigenvalue weighted by molar-refractivity contribution is 5.60. The highest BCUT2D eigenvalue weighted by Gasteiger charge is 2.20. The summed E-state index contributed by atoms with van der Waals surface area (Å²) in [6, 6.07) is 7.32. The molecule has 1 N–H and O–H groups in total. The van der Waals surface area contributed by atoms with Crippen molar-refractivity contribution < 1.29 is 0 Å². The standard InChI is InChI=1S/C17H25N/c1-12(2)15(11-18-16-8-9-16)10-17-13(3)6-5-7-14(17)4/h5-7,10,12,16,18H,8-9,11H2,1-4H3/b15-10+. The highest BCUT2D eigenvalue weighted by Crippen LogP contribution is 2.23. The Balaban J connectivity index is 2.19. The Kier molecular flexibility index (Phi) is 4.23. The Morgan fingerprint density at radius 2 is 1.89 bits per heavy atom. The highest BCUT2D eigenvalue weighted by atomic mass is 14.9. The second kappa shape index (κ2) is 5.71. The van der Waals surface area contributed by atoms with Crippen LogP contribution in [-0.2, 0) is 0 Å². The fourth-order valence-corrected chi connectivity index (χ4v) is 2.21. The third kappa shape index (κ3) is 3.46. The van der Waals surface area contributed by atoms with Crippen molar-refractivity contribution in [1.82, 2.24) is 5.32 Å². The number of rotatable bonds is 5. The fraction of sp³-hybridized carbons (Fsp3) is 0.529. The molecule has 1 fully saturated rings. The van der Waals surface area contributed by atoms with Crippen molar-refractivity contribution in [3.05, 3.63) is 40.5 Å². The summed E-state index contributed by atoms with van der Waals surface area (Å²) in [5, 5.41) is 3.63. The lowest BCUT2D eigenvalue weighted by Gasteiger charge is -2.14. The van der Waals surface area contributed by atoms with E-state index in [-0.39, 0.29) is 0 Å². The van der Waals surface area contributed by atoms with E-state index in [1.165, 1.54) is 35.1 Å². The average molecular weight is 243 g/mol. The quantitative estimate of drug-likeness (QED) is 0.821. The molecule has 98 valence electrons. The summed E-state index contributed by atoms with van der Waals surface area (Å²) < 4.78 is 0. The molecule has 0 bridgehead atoms. The zero-order valence-electron chi connectivity index (χ0n) is 12.1. The molecule has 0 unspecified atom stereocenters. The molecule has 0 radical (unpaired) electrons. The molecule has 1 saturated carbocycles. The first kappa shape index (κ1) is 13.4. The summed E-state index contributed by atoms with van der Waals surface area (Å²) in [5.74, 6) is 0.607. The minimum atomic E-state index is 0.607. The lowest BCUT2D eigenvalue weighted by atomic mass is 9.95. The van der Waals surface area contributed by atoms with Crippen LogP contribution in [0.25, 0.3) is 6.08 Å². The summed E-state index contributed by atoms with van der Waals surface area (Å²) in [6.07, 6.45) is 5.11. The van der Waals surface area contributed by atoms with Gasteiger partial charge < -0.3 is 5.32 Å². The van der Waals surface area contributed by atoms with Gasteiger partial charge in [0.1, 0.15) is 0 Å². The summed E-state index contributed by atoms with van der Waals surface area (Å²) in [4.78, 5) is 0. The first-order valence-electron chi connectivity index (χ1n) is 7.08. The van der Waals surface area contributed by atoms with Crippen molar-refractivity contribution in [3.63, 3.8) is 0 Å². The molecule has 1 aliphatic carbocycles. The molecule has 0 saturated heterocycles. The summed E-state index contributed by atoms with van der Waals surface area (Å²) in [6.45, 7) is 10.0. The van der Waals surface area contributed by atoms with Gasteiger partial charge in [-0.2, -0.15) is 0 Å². The van der Waals surface area contributed by atoms with E-state index in [2.05, 4.69) is 57.3 Å². The first-order valence-corrected chi connectivity index (χ1v) is 7.08. The minimum absolute atomic E-state index is 0.607. The van der Waals surface area contributed by atoms with Crippen LogP contribution in [0.5, 0.6) is 0 Å². The molecule has 1 aromatic rings. The van der Waals surface area contributed by atoms with Gasteiger partial charge in [0.05, 0.1) is 0 Å². The average Bonchev–Trinajstić information content (AvgIpc) is 3.11. The monoisotopic (exact) mass is 243 g/mol. The predicted molar refractivity (Wildman–Crippen MR) is 79.8 cm³/mol. The molecule has 0 atom stereocenters. The van der Waals surface area contributed by atoms with Crippen molar-refractivity contribution in [3.8, 4) is 0 Å². The van der Waals surface area contributed by atoms with Gasteiger partial charge in [0.2, 0.25) is 0 Å². The SMILES string of the molecule is Cc1cccc(C)c1/C=C(\CNC1CC1)C(C)C. The maximum atomic E-state index is 3.63. The van der Waals surface area contributed by atoms with Gasteiger partial charge in [-0.15, -0.1) is 0 Å². The van der Waals surface area contributed by atoms with Crippen LogP contribution >= 0.6 is 0 Å². The molecule has 1 nitrogen and oxygen atoms in total. The Bertz CT molecular complexity index is 419. The van der Waals surface area contributed by atoms with Gasteiger partial charge in [-0.1, -0.05) is 43.7 Å². The van der Waals surface area contributed by atoms with E-state index in [1.807, 2.05) is 0 Å². The van der Waals surface area contributed by atoms with Crippen molar-refractivity contribution >= 4 is 6.08 Å². The molecule has 0 amide bonds. The van der Waals surface area contributed by atoms with Gasteiger partial charge in [0.25, 0.3) is 0 Å². The Hall–Kier alpha value is -1.08. The molecule has 0 heterocycles. The van der Waals surface area contributed by atoms with E-state index in [0.717, 1.165) is 12.6 Å². The molecule has 2 rings (SSSR count). The number of benzene rings is 1. The number of nitrogens with one attached hydrogen (secondary N) is 1.